The fourth-order valence-corrected chi connectivity index (χ4v) is 6.46. The van der Waals surface area contributed by atoms with E-state index in [4.69, 9.17) is 0 Å². The summed E-state index contributed by atoms with van der Waals surface area (Å²) < 4.78 is 41.2. The summed E-state index contributed by atoms with van der Waals surface area (Å²) in [6.07, 6.45) is -3.39. The fraction of sp³-hybridized carbons (Fsp3) is 0.375. The number of hydrogen-bond acceptors (Lipinski definition) is 4. The predicted molar refractivity (Wildman–Crippen MR) is 112 cm³/mol. The lowest BCUT2D eigenvalue weighted by atomic mass is 9.75. The molecule has 2 aromatic carbocycles. The van der Waals surface area contributed by atoms with E-state index in [9.17, 15) is 27.6 Å². The molecule has 0 aromatic heterocycles. The van der Waals surface area contributed by atoms with E-state index in [1.54, 1.807) is 6.07 Å². The van der Waals surface area contributed by atoms with Crippen LogP contribution >= 0.6 is 0 Å². The van der Waals surface area contributed by atoms with Crippen molar-refractivity contribution in [3.05, 3.63) is 59.2 Å². The third kappa shape index (κ3) is 2.40. The highest BCUT2D eigenvalue weighted by Crippen LogP contribution is 2.61. The molecule has 9 heteroatoms. The van der Waals surface area contributed by atoms with E-state index in [0.29, 0.717) is 29.1 Å². The van der Waals surface area contributed by atoms with Gasteiger partial charge in [0.05, 0.1) is 23.1 Å². The first kappa shape index (κ1) is 20.4. The average Bonchev–Trinajstić information content (AvgIpc) is 3.46. The number of nitrogens with one attached hydrogen (secondary N) is 1. The van der Waals surface area contributed by atoms with Crippen molar-refractivity contribution < 1.29 is 27.6 Å². The Labute approximate surface area is 187 Å². The molecule has 4 heterocycles. The van der Waals surface area contributed by atoms with Gasteiger partial charge in [0.25, 0.3) is 0 Å². The second kappa shape index (κ2) is 6.44. The van der Waals surface area contributed by atoms with Crippen LogP contribution in [0.4, 0.5) is 24.5 Å². The van der Waals surface area contributed by atoms with Gasteiger partial charge in [-0.2, -0.15) is 13.2 Å². The molecular formula is C24H20F3N3O3. The maximum absolute atomic E-state index is 13.8. The maximum atomic E-state index is 13.8. The zero-order valence-corrected chi connectivity index (χ0v) is 17.6. The number of para-hydroxylation sites is 1. The summed E-state index contributed by atoms with van der Waals surface area (Å²) >= 11 is 0. The minimum absolute atomic E-state index is 0.383. The molecule has 170 valence electrons. The van der Waals surface area contributed by atoms with Crippen molar-refractivity contribution in [2.24, 2.45) is 11.8 Å². The van der Waals surface area contributed by atoms with Crippen LogP contribution in [-0.2, 0) is 26.1 Å². The van der Waals surface area contributed by atoms with Crippen LogP contribution in [0.3, 0.4) is 0 Å². The first-order valence-corrected chi connectivity index (χ1v) is 10.9. The second-order valence-corrected chi connectivity index (χ2v) is 9.20. The number of carbonyl (C=O) groups is 3. The van der Waals surface area contributed by atoms with E-state index >= 15 is 0 Å². The summed E-state index contributed by atoms with van der Waals surface area (Å²) in [7, 11) is 0. The minimum Gasteiger partial charge on any atom is -0.324 e. The lowest BCUT2D eigenvalue weighted by Gasteiger charge is -2.37. The van der Waals surface area contributed by atoms with Crippen LogP contribution in [0, 0.1) is 18.8 Å². The van der Waals surface area contributed by atoms with Gasteiger partial charge >= 0.3 is 6.18 Å². The Kier molecular flexibility index (Phi) is 3.98. The number of anilines is 2. The molecule has 0 saturated carbocycles. The van der Waals surface area contributed by atoms with Crippen LogP contribution < -0.4 is 10.2 Å². The highest BCUT2D eigenvalue weighted by Gasteiger charge is 2.74. The van der Waals surface area contributed by atoms with Crippen LogP contribution in [0.1, 0.15) is 29.5 Å². The molecular weight excluding hydrogens is 435 g/mol. The van der Waals surface area contributed by atoms with Crippen molar-refractivity contribution >= 4 is 29.1 Å². The van der Waals surface area contributed by atoms with Gasteiger partial charge in [-0.05, 0) is 44.5 Å². The molecule has 4 atom stereocenters. The monoisotopic (exact) mass is 455 g/mol. The van der Waals surface area contributed by atoms with Crippen LogP contribution in [0.5, 0.6) is 0 Å². The third-order valence-electron chi connectivity index (χ3n) is 7.60. The number of rotatable bonds is 1. The van der Waals surface area contributed by atoms with E-state index in [-0.39, 0.29) is 6.04 Å². The summed E-state index contributed by atoms with van der Waals surface area (Å²) in [4.78, 5) is 43.7. The summed E-state index contributed by atoms with van der Waals surface area (Å²) in [6.45, 7) is 2.41. The number of alkyl halides is 3. The minimum atomic E-state index is -4.74. The molecule has 0 radical (unpaired) electrons. The summed E-state index contributed by atoms with van der Waals surface area (Å²) in [5.41, 5.74) is -0.833. The van der Waals surface area contributed by atoms with Crippen molar-refractivity contribution in [1.82, 2.24) is 4.90 Å². The zero-order chi connectivity index (χ0) is 23.3. The maximum Gasteiger partial charge on any atom is 0.418 e. The molecule has 3 amide bonds. The van der Waals surface area contributed by atoms with Crippen LogP contribution in [-0.4, -0.2) is 35.2 Å². The first-order valence-electron chi connectivity index (χ1n) is 10.9. The molecule has 33 heavy (non-hydrogen) atoms. The number of hydrogen-bond donors (Lipinski definition) is 1. The van der Waals surface area contributed by atoms with Crippen molar-refractivity contribution in [3.63, 3.8) is 0 Å². The van der Waals surface area contributed by atoms with Gasteiger partial charge in [-0.3, -0.25) is 19.3 Å². The fourth-order valence-electron chi connectivity index (χ4n) is 6.46. The molecule has 0 bridgehead atoms. The van der Waals surface area contributed by atoms with Gasteiger partial charge in [-0.25, -0.2) is 4.90 Å². The predicted octanol–water partition coefficient (Wildman–Crippen LogP) is 3.45. The van der Waals surface area contributed by atoms with Crippen molar-refractivity contribution in [3.8, 4) is 0 Å². The SMILES string of the molecule is Cc1ccc2c(c1)[C@@]1(C(=O)N2)[C@@H]2C(=O)N(c3ccccc3C(F)(F)F)C(=O)[C@@H]2[C@H]2CCCN21. The molecule has 6 rings (SSSR count). The summed E-state index contributed by atoms with van der Waals surface area (Å²) in [5, 5.41) is 2.87. The van der Waals surface area contributed by atoms with Gasteiger partial charge < -0.3 is 5.32 Å². The molecule has 3 fully saturated rings. The molecule has 0 aliphatic carbocycles. The largest absolute Gasteiger partial charge is 0.418 e. The number of aryl methyl sites for hydroxylation is 1. The molecule has 0 unspecified atom stereocenters. The molecule has 1 spiro atoms. The smallest absolute Gasteiger partial charge is 0.324 e. The Morgan fingerprint density at radius 3 is 2.58 bits per heavy atom. The van der Waals surface area contributed by atoms with Crippen molar-refractivity contribution in [2.45, 2.75) is 37.5 Å². The number of benzene rings is 2. The number of amides is 3. The van der Waals surface area contributed by atoms with Gasteiger partial charge in [0.15, 0.2) is 0 Å². The van der Waals surface area contributed by atoms with E-state index in [2.05, 4.69) is 5.32 Å². The average molecular weight is 455 g/mol. The molecule has 4 aliphatic heterocycles. The lowest BCUT2D eigenvalue weighted by Crippen LogP contribution is -2.54. The topological polar surface area (TPSA) is 69.7 Å². The Morgan fingerprint density at radius 1 is 1.06 bits per heavy atom. The van der Waals surface area contributed by atoms with E-state index in [0.717, 1.165) is 24.1 Å². The van der Waals surface area contributed by atoms with Crippen LogP contribution in [0.25, 0.3) is 0 Å². The summed E-state index contributed by atoms with van der Waals surface area (Å²) in [6, 6.07) is 9.68. The normalized spacial score (nSPS) is 30.7. The Balaban J connectivity index is 1.56. The molecule has 3 saturated heterocycles. The van der Waals surface area contributed by atoms with Gasteiger partial charge in [0.1, 0.15) is 5.54 Å². The number of nitrogens with zero attached hydrogens (tertiary/aromatic N) is 2. The van der Waals surface area contributed by atoms with E-state index < -0.39 is 52.5 Å². The highest BCUT2D eigenvalue weighted by atomic mass is 19.4. The van der Waals surface area contributed by atoms with Crippen LogP contribution in [0.15, 0.2) is 42.5 Å². The number of carbonyl (C=O) groups excluding carboxylic acids is 3. The first-order chi connectivity index (χ1) is 15.7. The number of fused-ring (bicyclic) bond motifs is 7. The van der Waals surface area contributed by atoms with Crippen molar-refractivity contribution in [1.29, 1.82) is 0 Å². The highest BCUT2D eigenvalue weighted by molar-refractivity contribution is 6.26. The number of halogens is 3. The third-order valence-corrected chi connectivity index (χ3v) is 7.60. The van der Waals surface area contributed by atoms with Crippen molar-refractivity contribution in [2.75, 3.05) is 16.8 Å². The quantitative estimate of drug-likeness (QED) is 0.669. The number of imide groups is 1. The second-order valence-electron chi connectivity index (χ2n) is 9.20. The van der Waals surface area contributed by atoms with Gasteiger partial charge in [0.2, 0.25) is 17.7 Å². The Hall–Kier alpha value is -3.20. The van der Waals surface area contributed by atoms with Gasteiger partial charge in [-0.1, -0.05) is 29.8 Å². The molecule has 1 N–H and O–H groups in total. The van der Waals surface area contributed by atoms with Gasteiger partial charge in [-0.15, -0.1) is 0 Å². The molecule has 4 aliphatic rings. The van der Waals surface area contributed by atoms with E-state index in [1.165, 1.54) is 12.1 Å². The summed E-state index contributed by atoms with van der Waals surface area (Å²) in [5.74, 6) is -3.77. The molecule has 2 aromatic rings. The standard InChI is InChI=1S/C24H20F3N3O3/c1-12-8-9-15-14(11-12)23(22(33)28-15)19-18(17-7-4-10-29(17)23)20(31)30(21(19)32)16-6-3-2-5-13(16)24(25,26)27/h2-3,5-6,8-9,11,17-19H,4,7,10H2,1H3,(H,28,33)/t17-,18-,19+,23+/m1/s1. The molecule has 6 nitrogen and oxygen atoms in total. The Bertz CT molecular complexity index is 1240. The zero-order valence-electron chi connectivity index (χ0n) is 17.6. The van der Waals surface area contributed by atoms with Crippen LogP contribution in [0.2, 0.25) is 0 Å². The van der Waals surface area contributed by atoms with E-state index in [1.807, 2.05) is 24.0 Å². The van der Waals surface area contributed by atoms with Gasteiger partial charge in [0, 0.05) is 17.3 Å². The lowest BCUT2D eigenvalue weighted by molar-refractivity contribution is -0.138. The Morgan fingerprint density at radius 2 is 1.82 bits per heavy atom.